The first-order valence-electron chi connectivity index (χ1n) is 11.4. The smallest absolute Gasteiger partial charge is 0.340 e. The predicted molar refractivity (Wildman–Crippen MR) is 132 cm³/mol. The molecule has 0 saturated carbocycles. The Labute approximate surface area is 205 Å². The van der Waals surface area contributed by atoms with Gasteiger partial charge in [0.2, 0.25) is 10.0 Å². The molecule has 0 radical (unpaired) electrons. The van der Waals surface area contributed by atoms with Gasteiger partial charge >= 0.3 is 5.97 Å². The zero-order valence-electron chi connectivity index (χ0n) is 20.1. The fourth-order valence-electron chi connectivity index (χ4n) is 4.28. The molecule has 8 nitrogen and oxygen atoms in total. The van der Waals surface area contributed by atoms with Crippen LogP contribution in [0.1, 0.15) is 27.3 Å². The van der Waals surface area contributed by atoms with Crippen molar-refractivity contribution in [1.82, 2.24) is 13.8 Å². The Morgan fingerprint density at radius 2 is 1.51 bits per heavy atom. The monoisotopic (exact) mass is 495 g/mol. The summed E-state index contributed by atoms with van der Waals surface area (Å²) in [4.78, 5) is 27.1. The number of piperazine rings is 1. The van der Waals surface area contributed by atoms with Gasteiger partial charge in [0.1, 0.15) is 0 Å². The van der Waals surface area contributed by atoms with E-state index in [1.165, 1.54) is 9.21 Å². The molecule has 0 spiro atoms. The lowest BCUT2D eigenvalue weighted by Crippen LogP contribution is -2.51. The molecule has 1 fully saturated rings. The van der Waals surface area contributed by atoms with Gasteiger partial charge in [-0.2, -0.15) is 4.31 Å². The lowest BCUT2D eigenvalue weighted by molar-refractivity contribution is -0.135. The van der Waals surface area contributed by atoms with Crippen LogP contribution in [-0.2, 0) is 19.6 Å². The van der Waals surface area contributed by atoms with Crippen molar-refractivity contribution in [3.05, 3.63) is 83.2 Å². The average molecular weight is 496 g/mol. The van der Waals surface area contributed by atoms with E-state index in [2.05, 4.69) is 0 Å². The standard InChI is InChI=1S/C26H29N3O5S/c1-19-9-11-23(12-10-19)35(32,33)28-15-13-27(14-16-28)25(30)18-34-26(31)24-17-20(2)29(21(24)3)22-7-5-4-6-8-22/h4-12,17H,13-16,18H2,1-3H3. The average Bonchev–Trinajstić information content (AvgIpc) is 3.17. The summed E-state index contributed by atoms with van der Waals surface area (Å²) in [6.45, 7) is 6.11. The zero-order chi connectivity index (χ0) is 25.2. The first-order chi connectivity index (χ1) is 16.7. The molecule has 35 heavy (non-hydrogen) atoms. The third kappa shape index (κ3) is 5.16. The van der Waals surface area contributed by atoms with Gasteiger partial charge in [0.25, 0.3) is 5.91 Å². The minimum Gasteiger partial charge on any atom is -0.452 e. The number of hydrogen-bond donors (Lipinski definition) is 0. The quantitative estimate of drug-likeness (QED) is 0.491. The lowest BCUT2D eigenvalue weighted by atomic mass is 10.2. The highest BCUT2D eigenvalue weighted by molar-refractivity contribution is 7.89. The van der Waals surface area contributed by atoms with Gasteiger partial charge in [-0.15, -0.1) is 0 Å². The van der Waals surface area contributed by atoms with Gasteiger partial charge in [0, 0.05) is 43.3 Å². The Morgan fingerprint density at radius 1 is 0.886 bits per heavy atom. The number of esters is 1. The largest absolute Gasteiger partial charge is 0.452 e. The molecular weight excluding hydrogens is 466 g/mol. The van der Waals surface area contributed by atoms with Gasteiger partial charge in [0.15, 0.2) is 6.61 Å². The first kappa shape index (κ1) is 24.7. The zero-order valence-corrected chi connectivity index (χ0v) is 20.9. The minimum absolute atomic E-state index is 0.189. The summed E-state index contributed by atoms with van der Waals surface area (Å²) in [5, 5.41) is 0. The van der Waals surface area contributed by atoms with Crippen molar-refractivity contribution in [2.75, 3.05) is 32.8 Å². The molecule has 4 rings (SSSR count). The molecular formula is C26H29N3O5S. The number of ether oxygens (including phenoxy) is 1. The molecule has 9 heteroatoms. The van der Waals surface area contributed by atoms with E-state index in [4.69, 9.17) is 4.74 Å². The number of aryl methyl sites for hydroxylation is 2. The number of hydrogen-bond acceptors (Lipinski definition) is 5. The summed E-state index contributed by atoms with van der Waals surface area (Å²) in [6.07, 6.45) is 0. The van der Waals surface area contributed by atoms with E-state index in [0.717, 1.165) is 22.6 Å². The third-order valence-electron chi connectivity index (χ3n) is 6.24. The van der Waals surface area contributed by atoms with Crippen LogP contribution in [0, 0.1) is 20.8 Å². The maximum absolute atomic E-state index is 12.9. The maximum Gasteiger partial charge on any atom is 0.340 e. The van der Waals surface area contributed by atoms with Crippen molar-refractivity contribution >= 4 is 21.9 Å². The maximum atomic E-state index is 12.9. The van der Waals surface area contributed by atoms with Crippen LogP contribution in [0.3, 0.4) is 0 Å². The summed E-state index contributed by atoms with van der Waals surface area (Å²) in [6, 6.07) is 18.2. The fraction of sp³-hybridized carbons (Fsp3) is 0.308. The van der Waals surface area contributed by atoms with Crippen molar-refractivity contribution < 1.29 is 22.7 Å². The Kier molecular flexibility index (Phi) is 7.09. The van der Waals surface area contributed by atoms with Crippen LogP contribution in [0.5, 0.6) is 0 Å². The predicted octanol–water partition coefficient (Wildman–Crippen LogP) is 3.09. The highest BCUT2D eigenvalue weighted by Gasteiger charge is 2.30. The summed E-state index contributed by atoms with van der Waals surface area (Å²) >= 11 is 0. The topological polar surface area (TPSA) is 88.9 Å². The number of aromatic nitrogens is 1. The first-order valence-corrected chi connectivity index (χ1v) is 12.9. The number of carbonyl (C=O) groups is 2. The number of para-hydroxylation sites is 1. The third-order valence-corrected chi connectivity index (χ3v) is 8.16. The lowest BCUT2D eigenvalue weighted by Gasteiger charge is -2.33. The molecule has 184 valence electrons. The molecule has 0 bridgehead atoms. The van der Waals surface area contributed by atoms with E-state index in [0.29, 0.717) is 5.56 Å². The molecule has 3 aromatic rings. The van der Waals surface area contributed by atoms with E-state index < -0.39 is 22.6 Å². The fourth-order valence-corrected chi connectivity index (χ4v) is 5.70. The number of sulfonamides is 1. The van der Waals surface area contributed by atoms with Gasteiger partial charge in [-0.1, -0.05) is 35.9 Å². The minimum atomic E-state index is -3.61. The van der Waals surface area contributed by atoms with Gasteiger partial charge in [-0.3, -0.25) is 4.79 Å². The van der Waals surface area contributed by atoms with Crippen molar-refractivity contribution in [1.29, 1.82) is 0 Å². The molecule has 1 saturated heterocycles. The Morgan fingerprint density at radius 3 is 2.14 bits per heavy atom. The number of nitrogens with zero attached hydrogens (tertiary/aromatic N) is 3. The van der Waals surface area contributed by atoms with E-state index in [9.17, 15) is 18.0 Å². The van der Waals surface area contributed by atoms with Crippen molar-refractivity contribution in [2.24, 2.45) is 0 Å². The van der Waals surface area contributed by atoms with Crippen LogP contribution < -0.4 is 0 Å². The molecule has 2 heterocycles. The highest BCUT2D eigenvalue weighted by atomic mass is 32.2. The van der Waals surface area contributed by atoms with Gasteiger partial charge in [0.05, 0.1) is 10.5 Å². The number of carbonyl (C=O) groups excluding carboxylic acids is 2. The molecule has 0 unspecified atom stereocenters. The van der Waals surface area contributed by atoms with Crippen molar-refractivity contribution in [3.63, 3.8) is 0 Å². The molecule has 1 aliphatic heterocycles. The summed E-state index contributed by atoms with van der Waals surface area (Å²) < 4.78 is 34.4. The second kappa shape index (κ2) is 10.1. The van der Waals surface area contributed by atoms with Crippen LogP contribution in [-0.4, -0.2) is 66.9 Å². The molecule has 0 atom stereocenters. The normalized spacial score (nSPS) is 14.7. The van der Waals surface area contributed by atoms with Crippen LogP contribution in [0.2, 0.25) is 0 Å². The number of amides is 1. The van der Waals surface area contributed by atoms with Crippen molar-refractivity contribution in [2.45, 2.75) is 25.7 Å². The number of rotatable bonds is 6. The van der Waals surface area contributed by atoms with E-state index in [1.807, 2.05) is 55.7 Å². The van der Waals surface area contributed by atoms with Gasteiger partial charge < -0.3 is 14.2 Å². The van der Waals surface area contributed by atoms with Crippen molar-refractivity contribution in [3.8, 4) is 5.69 Å². The van der Waals surface area contributed by atoms with E-state index >= 15 is 0 Å². The molecule has 0 N–H and O–H groups in total. The van der Waals surface area contributed by atoms with E-state index in [1.54, 1.807) is 30.3 Å². The second-order valence-electron chi connectivity index (χ2n) is 8.63. The molecule has 2 aromatic carbocycles. The Balaban J connectivity index is 1.34. The Hall–Kier alpha value is -3.43. The van der Waals surface area contributed by atoms with Gasteiger partial charge in [-0.05, 0) is 51.1 Å². The van der Waals surface area contributed by atoms with Crippen LogP contribution >= 0.6 is 0 Å². The number of benzene rings is 2. The molecule has 1 amide bonds. The second-order valence-corrected chi connectivity index (χ2v) is 10.6. The van der Waals surface area contributed by atoms with Crippen LogP contribution in [0.15, 0.2) is 65.6 Å². The molecule has 1 aliphatic rings. The molecule has 1 aromatic heterocycles. The Bertz CT molecular complexity index is 1320. The SMILES string of the molecule is Cc1ccc(S(=O)(=O)N2CCN(C(=O)COC(=O)c3cc(C)n(-c4ccccc4)c3C)CC2)cc1. The van der Waals surface area contributed by atoms with Gasteiger partial charge in [-0.25, -0.2) is 13.2 Å². The summed E-state index contributed by atoms with van der Waals surface area (Å²) in [7, 11) is -3.61. The van der Waals surface area contributed by atoms with Crippen LogP contribution in [0.4, 0.5) is 0 Å². The summed E-state index contributed by atoms with van der Waals surface area (Å²) in [5.41, 5.74) is 3.96. The van der Waals surface area contributed by atoms with Crippen LogP contribution in [0.25, 0.3) is 5.69 Å². The molecule has 0 aliphatic carbocycles. The summed E-state index contributed by atoms with van der Waals surface area (Å²) in [5.74, 6) is -0.906. The highest BCUT2D eigenvalue weighted by Crippen LogP contribution is 2.22. The van der Waals surface area contributed by atoms with E-state index in [-0.39, 0.29) is 37.0 Å².